The third-order valence-electron chi connectivity index (χ3n) is 4.35. The van der Waals surface area contributed by atoms with Gasteiger partial charge in [0.15, 0.2) is 0 Å². The van der Waals surface area contributed by atoms with Crippen LogP contribution in [-0.2, 0) is 12.0 Å². The van der Waals surface area contributed by atoms with E-state index in [0.29, 0.717) is 5.88 Å². The molecule has 2 aromatic rings. The summed E-state index contributed by atoms with van der Waals surface area (Å²) in [7, 11) is 0. The van der Waals surface area contributed by atoms with Crippen molar-refractivity contribution in [3.05, 3.63) is 29.6 Å². The Balaban J connectivity index is 2.23. The number of benzene rings is 1. The van der Waals surface area contributed by atoms with Crippen molar-refractivity contribution in [3.8, 4) is 0 Å². The van der Waals surface area contributed by atoms with Gasteiger partial charge in [0.1, 0.15) is 5.82 Å². The summed E-state index contributed by atoms with van der Waals surface area (Å²) in [5, 5.41) is 0. The van der Waals surface area contributed by atoms with Crippen LogP contribution in [0, 0.1) is 12.8 Å². The van der Waals surface area contributed by atoms with E-state index in [4.69, 9.17) is 16.6 Å². The van der Waals surface area contributed by atoms with Crippen LogP contribution in [0.2, 0.25) is 0 Å². The van der Waals surface area contributed by atoms with Crippen molar-refractivity contribution in [2.24, 2.45) is 5.92 Å². The van der Waals surface area contributed by atoms with Crippen LogP contribution in [0.5, 0.6) is 0 Å². The van der Waals surface area contributed by atoms with Gasteiger partial charge in [-0.2, -0.15) is 0 Å². The fourth-order valence-corrected chi connectivity index (χ4v) is 3.27. The molecule has 102 valence electrons. The largest absolute Gasteiger partial charge is 0.322 e. The quantitative estimate of drug-likeness (QED) is 0.763. The summed E-state index contributed by atoms with van der Waals surface area (Å²) >= 11 is 5.96. The highest BCUT2D eigenvalue weighted by molar-refractivity contribution is 6.17. The molecule has 1 aromatic heterocycles. The number of aromatic nitrogens is 2. The molecule has 0 radical (unpaired) electrons. The smallest absolute Gasteiger partial charge is 0.111 e. The first-order chi connectivity index (χ1) is 9.04. The first kappa shape index (κ1) is 13.0. The predicted octanol–water partition coefficient (Wildman–Crippen LogP) is 4.27. The van der Waals surface area contributed by atoms with Gasteiger partial charge in [-0.15, -0.1) is 11.6 Å². The highest BCUT2D eigenvalue weighted by Crippen LogP contribution is 2.45. The van der Waals surface area contributed by atoms with Gasteiger partial charge in [-0.25, -0.2) is 4.98 Å². The lowest BCUT2D eigenvalue weighted by atomic mass is 9.97. The average Bonchev–Trinajstić information content (AvgIpc) is 3.13. The second-order valence-electron chi connectivity index (χ2n) is 6.22. The number of fused-ring (bicyclic) bond motifs is 1. The second kappa shape index (κ2) is 4.52. The van der Waals surface area contributed by atoms with Crippen LogP contribution in [0.4, 0.5) is 0 Å². The summed E-state index contributed by atoms with van der Waals surface area (Å²) in [6.45, 7) is 6.82. The highest BCUT2D eigenvalue weighted by Gasteiger charge is 2.40. The van der Waals surface area contributed by atoms with Crippen LogP contribution >= 0.6 is 11.6 Å². The Morgan fingerprint density at radius 3 is 2.74 bits per heavy atom. The normalized spacial score (nSPS) is 16.2. The van der Waals surface area contributed by atoms with E-state index in [0.717, 1.165) is 23.7 Å². The van der Waals surface area contributed by atoms with Crippen molar-refractivity contribution >= 4 is 22.6 Å². The number of hydrogen-bond donors (Lipinski definition) is 0. The van der Waals surface area contributed by atoms with E-state index >= 15 is 0 Å². The molecule has 3 heteroatoms. The molecule has 0 saturated heterocycles. The number of halogens is 1. The lowest BCUT2D eigenvalue weighted by Gasteiger charge is -2.29. The monoisotopic (exact) mass is 276 g/mol. The summed E-state index contributed by atoms with van der Waals surface area (Å²) in [4.78, 5) is 4.80. The molecule has 0 bridgehead atoms. The van der Waals surface area contributed by atoms with Crippen LogP contribution in [0.15, 0.2) is 18.2 Å². The van der Waals surface area contributed by atoms with E-state index in [-0.39, 0.29) is 5.54 Å². The van der Waals surface area contributed by atoms with Gasteiger partial charge < -0.3 is 4.57 Å². The van der Waals surface area contributed by atoms with E-state index in [1.807, 2.05) is 0 Å². The van der Waals surface area contributed by atoms with Crippen molar-refractivity contribution < 1.29 is 0 Å². The summed E-state index contributed by atoms with van der Waals surface area (Å²) < 4.78 is 2.44. The molecule has 1 fully saturated rings. The topological polar surface area (TPSA) is 17.8 Å². The van der Waals surface area contributed by atoms with Crippen molar-refractivity contribution in [1.82, 2.24) is 9.55 Å². The minimum Gasteiger partial charge on any atom is -0.322 e. The minimum atomic E-state index is 0.143. The van der Waals surface area contributed by atoms with Crippen LogP contribution in [0.3, 0.4) is 0 Å². The standard InChI is InChI=1S/C16H21ClN2/c1-11-4-7-13-14(10-11)19(15(18-13)8-9-17)16(2,3)12-5-6-12/h4,7,10,12H,5-6,8-9H2,1-3H3. The molecule has 1 aliphatic carbocycles. The molecule has 1 aliphatic rings. The zero-order valence-electron chi connectivity index (χ0n) is 11.9. The summed E-state index contributed by atoms with van der Waals surface area (Å²) in [5.41, 5.74) is 3.79. The molecule has 0 amide bonds. The Morgan fingerprint density at radius 2 is 2.11 bits per heavy atom. The molecule has 0 atom stereocenters. The Labute approximate surface area is 119 Å². The summed E-state index contributed by atoms with van der Waals surface area (Å²) in [5.74, 6) is 2.54. The van der Waals surface area contributed by atoms with Gasteiger partial charge in [-0.3, -0.25) is 0 Å². The maximum absolute atomic E-state index is 5.96. The van der Waals surface area contributed by atoms with E-state index in [2.05, 4.69) is 43.5 Å². The molecule has 1 aromatic carbocycles. The average molecular weight is 277 g/mol. The van der Waals surface area contributed by atoms with Gasteiger partial charge in [0.05, 0.1) is 11.0 Å². The lowest BCUT2D eigenvalue weighted by molar-refractivity contribution is 0.305. The SMILES string of the molecule is Cc1ccc2nc(CCCl)n(C(C)(C)C3CC3)c2c1. The molecule has 3 rings (SSSR count). The number of hydrogen-bond acceptors (Lipinski definition) is 1. The second-order valence-corrected chi connectivity index (χ2v) is 6.60. The molecule has 19 heavy (non-hydrogen) atoms. The molecule has 2 nitrogen and oxygen atoms in total. The Hall–Kier alpha value is -1.02. The van der Waals surface area contributed by atoms with E-state index in [9.17, 15) is 0 Å². The van der Waals surface area contributed by atoms with Gasteiger partial charge in [0.25, 0.3) is 0 Å². The molecular formula is C16H21ClN2. The van der Waals surface area contributed by atoms with Crippen molar-refractivity contribution in [2.45, 2.75) is 45.6 Å². The number of rotatable bonds is 4. The van der Waals surface area contributed by atoms with Crippen LogP contribution in [0.1, 0.15) is 38.1 Å². The van der Waals surface area contributed by atoms with E-state index in [1.54, 1.807) is 0 Å². The van der Waals surface area contributed by atoms with Crippen molar-refractivity contribution in [1.29, 1.82) is 0 Å². The highest BCUT2D eigenvalue weighted by atomic mass is 35.5. The van der Waals surface area contributed by atoms with Crippen LogP contribution in [-0.4, -0.2) is 15.4 Å². The Bertz CT molecular complexity index is 608. The van der Waals surface area contributed by atoms with Gasteiger partial charge in [0, 0.05) is 17.8 Å². The number of alkyl halides is 1. The van der Waals surface area contributed by atoms with Gasteiger partial charge in [-0.05, 0) is 57.2 Å². The molecule has 0 aliphatic heterocycles. The number of aryl methyl sites for hydroxylation is 2. The maximum Gasteiger partial charge on any atom is 0.111 e. The van der Waals surface area contributed by atoms with Gasteiger partial charge in [-0.1, -0.05) is 6.07 Å². The predicted molar refractivity (Wildman–Crippen MR) is 80.9 cm³/mol. The lowest BCUT2D eigenvalue weighted by Crippen LogP contribution is -2.30. The first-order valence-electron chi connectivity index (χ1n) is 7.08. The fraction of sp³-hybridized carbons (Fsp3) is 0.562. The first-order valence-corrected chi connectivity index (χ1v) is 7.62. The van der Waals surface area contributed by atoms with Crippen LogP contribution < -0.4 is 0 Å². The number of imidazole rings is 1. The van der Waals surface area contributed by atoms with Gasteiger partial charge in [0.2, 0.25) is 0 Å². The zero-order chi connectivity index (χ0) is 13.6. The van der Waals surface area contributed by atoms with Crippen LogP contribution in [0.25, 0.3) is 11.0 Å². The maximum atomic E-state index is 5.96. The van der Waals surface area contributed by atoms with E-state index < -0.39 is 0 Å². The van der Waals surface area contributed by atoms with E-state index in [1.165, 1.54) is 23.9 Å². The fourth-order valence-electron chi connectivity index (χ4n) is 3.10. The Morgan fingerprint density at radius 1 is 1.37 bits per heavy atom. The summed E-state index contributed by atoms with van der Waals surface area (Å²) in [6, 6.07) is 6.51. The minimum absolute atomic E-state index is 0.143. The Kier molecular flexibility index (Phi) is 3.09. The molecule has 0 unspecified atom stereocenters. The molecular weight excluding hydrogens is 256 g/mol. The molecule has 1 saturated carbocycles. The third kappa shape index (κ3) is 2.16. The molecule has 0 N–H and O–H groups in total. The summed E-state index contributed by atoms with van der Waals surface area (Å²) in [6.07, 6.45) is 3.50. The zero-order valence-corrected chi connectivity index (χ0v) is 12.7. The van der Waals surface area contributed by atoms with Gasteiger partial charge >= 0.3 is 0 Å². The number of nitrogens with zero attached hydrogens (tertiary/aromatic N) is 2. The molecule has 1 heterocycles. The van der Waals surface area contributed by atoms with Crippen molar-refractivity contribution in [3.63, 3.8) is 0 Å². The third-order valence-corrected chi connectivity index (χ3v) is 4.54. The molecule has 0 spiro atoms. The van der Waals surface area contributed by atoms with Crippen molar-refractivity contribution in [2.75, 3.05) is 5.88 Å².